The first kappa shape index (κ1) is 21.2. The Morgan fingerprint density at radius 2 is 1.70 bits per heavy atom. The summed E-state index contributed by atoms with van der Waals surface area (Å²) < 4.78 is 5.15. The molecule has 0 bridgehead atoms. The smallest absolute Gasteiger partial charge is 0.239 e. The van der Waals surface area contributed by atoms with Crippen molar-refractivity contribution < 1.29 is 14.3 Å². The highest BCUT2D eigenvalue weighted by Crippen LogP contribution is 2.14. The number of ether oxygens (including phenoxy) is 1. The fourth-order valence-electron chi connectivity index (χ4n) is 3.43. The third-order valence-corrected chi connectivity index (χ3v) is 4.99. The van der Waals surface area contributed by atoms with Gasteiger partial charge in [0.25, 0.3) is 0 Å². The molecular formula is C21H33N3O3. The van der Waals surface area contributed by atoms with E-state index in [0.717, 1.165) is 17.7 Å². The molecule has 0 radical (unpaired) electrons. The van der Waals surface area contributed by atoms with Gasteiger partial charge in [0, 0.05) is 32.6 Å². The molecule has 1 aliphatic heterocycles. The van der Waals surface area contributed by atoms with Gasteiger partial charge in [-0.2, -0.15) is 0 Å². The van der Waals surface area contributed by atoms with Crippen molar-refractivity contribution in [3.05, 3.63) is 29.8 Å². The second kappa shape index (κ2) is 10.3. The van der Waals surface area contributed by atoms with Crippen LogP contribution in [0.5, 0.6) is 5.75 Å². The average molecular weight is 376 g/mol. The van der Waals surface area contributed by atoms with Gasteiger partial charge in [-0.15, -0.1) is 0 Å². The van der Waals surface area contributed by atoms with Crippen LogP contribution in [0.15, 0.2) is 24.3 Å². The zero-order valence-electron chi connectivity index (χ0n) is 16.8. The van der Waals surface area contributed by atoms with Gasteiger partial charge >= 0.3 is 0 Å². The van der Waals surface area contributed by atoms with Crippen LogP contribution in [0.4, 0.5) is 0 Å². The van der Waals surface area contributed by atoms with Crippen molar-refractivity contribution in [1.29, 1.82) is 0 Å². The maximum atomic E-state index is 12.6. The van der Waals surface area contributed by atoms with Gasteiger partial charge < -0.3 is 20.3 Å². The number of rotatable bonds is 7. The molecule has 27 heavy (non-hydrogen) atoms. The lowest BCUT2D eigenvalue weighted by atomic mass is 10.0. The Bertz CT molecular complexity index is 616. The van der Waals surface area contributed by atoms with Crippen molar-refractivity contribution in [1.82, 2.24) is 9.80 Å². The normalized spacial score (nSPS) is 16.2. The number of aryl methyl sites for hydroxylation is 1. The van der Waals surface area contributed by atoms with Gasteiger partial charge in [-0.1, -0.05) is 26.0 Å². The average Bonchev–Trinajstić information content (AvgIpc) is 2.91. The molecule has 0 saturated carbocycles. The highest BCUT2D eigenvalue weighted by molar-refractivity contribution is 5.82. The topological polar surface area (TPSA) is 75.9 Å². The molecule has 1 heterocycles. The molecule has 6 nitrogen and oxygen atoms in total. The quantitative estimate of drug-likeness (QED) is 0.791. The third kappa shape index (κ3) is 6.54. The van der Waals surface area contributed by atoms with Gasteiger partial charge in [0.1, 0.15) is 5.75 Å². The van der Waals surface area contributed by atoms with Crippen molar-refractivity contribution in [3.63, 3.8) is 0 Å². The lowest BCUT2D eigenvalue weighted by Gasteiger charge is -2.25. The summed E-state index contributed by atoms with van der Waals surface area (Å²) in [5.74, 6) is 1.37. The Morgan fingerprint density at radius 3 is 2.33 bits per heavy atom. The third-order valence-electron chi connectivity index (χ3n) is 4.99. The van der Waals surface area contributed by atoms with E-state index in [2.05, 4.69) is 13.8 Å². The number of nitrogens with zero attached hydrogens (tertiary/aromatic N) is 2. The molecule has 0 spiro atoms. The second-order valence-corrected chi connectivity index (χ2v) is 7.64. The minimum Gasteiger partial charge on any atom is -0.497 e. The first-order chi connectivity index (χ1) is 12.9. The van der Waals surface area contributed by atoms with Gasteiger partial charge in [0.05, 0.1) is 13.2 Å². The summed E-state index contributed by atoms with van der Waals surface area (Å²) in [4.78, 5) is 28.8. The summed E-state index contributed by atoms with van der Waals surface area (Å²) in [6.45, 7) is 6.66. The largest absolute Gasteiger partial charge is 0.497 e. The number of amides is 2. The Morgan fingerprint density at radius 1 is 1.07 bits per heavy atom. The number of carbonyl (C=O) groups excluding carboxylic acids is 2. The summed E-state index contributed by atoms with van der Waals surface area (Å²) in [7, 11) is 1.64. The Balaban J connectivity index is 1.82. The van der Waals surface area contributed by atoms with Crippen LogP contribution in [-0.2, 0) is 16.0 Å². The SMILES string of the molecule is COc1ccc(CCC(=O)N2CCCN(C(=O)[C@@H](N)CC(C)C)CC2)cc1. The highest BCUT2D eigenvalue weighted by atomic mass is 16.5. The Labute approximate surface area is 162 Å². The molecule has 6 heteroatoms. The van der Waals surface area contributed by atoms with Gasteiger partial charge in [-0.25, -0.2) is 0 Å². The fourth-order valence-corrected chi connectivity index (χ4v) is 3.43. The molecule has 150 valence electrons. The molecule has 1 aromatic carbocycles. The van der Waals surface area contributed by atoms with Gasteiger partial charge in [-0.3, -0.25) is 9.59 Å². The number of hydrogen-bond acceptors (Lipinski definition) is 4. The lowest BCUT2D eigenvalue weighted by molar-refractivity contribution is -0.134. The molecule has 2 rings (SSSR count). The second-order valence-electron chi connectivity index (χ2n) is 7.64. The van der Waals surface area contributed by atoms with E-state index >= 15 is 0 Å². The molecule has 2 amide bonds. The van der Waals surface area contributed by atoms with Crippen LogP contribution >= 0.6 is 0 Å². The van der Waals surface area contributed by atoms with Crippen LogP contribution in [0.2, 0.25) is 0 Å². The zero-order valence-corrected chi connectivity index (χ0v) is 16.8. The monoisotopic (exact) mass is 375 g/mol. The van der Waals surface area contributed by atoms with E-state index in [-0.39, 0.29) is 11.8 Å². The highest BCUT2D eigenvalue weighted by Gasteiger charge is 2.25. The van der Waals surface area contributed by atoms with E-state index in [1.54, 1.807) is 7.11 Å². The summed E-state index contributed by atoms with van der Waals surface area (Å²) in [6.07, 6.45) is 2.68. The number of benzene rings is 1. The van der Waals surface area contributed by atoms with Crippen molar-refractivity contribution in [2.45, 2.75) is 45.6 Å². The van der Waals surface area contributed by atoms with E-state index in [1.165, 1.54) is 0 Å². The lowest BCUT2D eigenvalue weighted by Crippen LogP contribution is -2.46. The number of carbonyl (C=O) groups is 2. The van der Waals surface area contributed by atoms with E-state index < -0.39 is 6.04 Å². The minimum absolute atomic E-state index is 0.0104. The predicted molar refractivity (Wildman–Crippen MR) is 107 cm³/mol. The standard InChI is InChI=1S/C21H33N3O3/c1-16(2)15-19(22)21(26)24-12-4-11-23(13-14-24)20(25)10-7-17-5-8-18(27-3)9-6-17/h5-6,8-9,16,19H,4,7,10-15,22H2,1-3H3/t19-/m0/s1. The Kier molecular flexibility index (Phi) is 8.10. The van der Waals surface area contributed by atoms with Gasteiger partial charge in [0.2, 0.25) is 11.8 Å². The van der Waals surface area contributed by atoms with E-state index in [1.807, 2.05) is 34.1 Å². The summed E-state index contributed by atoms with van der Waals surface area (Å²) in [6, 6.07) is 7.36. The molecule has 0 aliphatic carbocycles. The van der Waals surface area contributed by atoms with Crippen molar-refractivity contribution in [2.24, 2.45) is 11.7 Å². The fraction of sp³-hybridized carbons (Fsp3) is 0.619. The van der Waals surface area contributed by atoms with Crippen LogP contribution in [0, 0.1) is 5.92 Å². The minimum atomic E-state index is -0.442. The molecule has 1 saturated heterocycles. The number of methoxy groups -OCH3 is 1. The van der Waals surface area contributed by atoms with Crippen molar-refractivity contribution >= 4 is 11.8 Å². The molecule has 0 aromatic heterocycles. The Hall–Kier alpha value is -2.08. The van der Waals surface area contributed by atoms with Crippen LogP contribution in [-0.4, -0.2) is 60.9 Å². The molecule has 0 unspecified atom stereocenters. The van der Waals surface area contributed by atoms with E-state index in [9.17, 15) is 9.59 Å². The van der Waals surface area contributed by atoms with Crippen molar-refractivity contribution in [2.75, 3.05) is 33.3 Å². The number of nitrogens with two attached hydrogens (primary N) is 1. The first-order valence-corrected chi connectivity index (χ1v) is 9.85. The maximum Gasteiger partial charge on any atom is 0.239 e. The van der Waals surface area contributed by atoms with Gasteiger partial charge in [0.15, 0.2) is 0 Å². The predicted octanol–water partition coefficient (Wildman–Crippen LogP) is 2.06. The van der Waals surface area contributed by atoms with Gasteiger partial charge in [-0.05, 0) is 42.9 Å². The van der Waals surface area contributed by atoms with Crippen molar-refractivity contribution in [3.8, 4) is 5.75 Å². The summed E-state index contributed by atoms with van der Waals surface area (Å²) in [5.41, 5.74) is 7.17. The molecule has 1 aromatic rings. The summed E-state index contributed by atoms with van der Waals surface area (Å²) in [5, 5.41) is 0. The zero-order chi connectivity index (χ0) is 19.8. The van der Waals surface area contributed by atoms with Crippen LogP contribution < -0.4 is 10.5 Å². The number of hydrogen-bond donors (Lipinski definition) is 1. The van der Waals surface area contributed by atoms with Crippen LogP contribution in [0.1, 0.15) is 38.7 Å². The first-order valence-electron chi connectivity index (χ1n) is 9.85. The van der Waals surface area contributed by atoms with E-state index in [0.29, 0.717) is 51.4 Å². The summed E-state index contributed by atoms with van der Waals surface area (Å²) >= 11 is 0. The van der Waals surface area contributed by atoms with Crippen LogP contribution in [0.25, 0.3) is 0 Å². The van der Waals surface area contributed by atoms with E-state index in [4.69, 9.17) is 10.5 Å². The maximum absolute atomic E-state index is 12.6. The molecule has 1 atom stereocenters. The molecule has 2 N–H and O–H groups in total. The molecular weight excluding hydrogens is 342 g/mol. The van der Waals surface area contributed by atoms with Crippen LogP contribution in [0.3, 0.4) is 0 Å². The molecule has 1 aliphatic rings. The molecule has 1 fully saturated rings.